The van der Waals surface area contributed by atoms with Gasteiger partial charge in [-0.2, -0.15) is 0 Å². The van der Waals surface area contributed by atoms with E-state index in [0.717, 1.165) is 5.69 Å². The standard InChI is InChI=1S/C12H18N2O2S/c1-13-17(15,16)12-8-4-7-11(9-12)14-10-5-2-3-6-10/h4,7-10,13-14H,2-3,5-6H2,1H3. The van der Waals surface area contributed by atoms with Crippen molar-refractivity contribution in [3.8, 4) is 0 Å². The van der Waals surface area contributed by atoms with Crippen LogP contribution in [0.1, 0.15) is 25.7 Å². The molecule has 0 radical (unpaired) electrons. The maximum atomic E-state index is 11.7. The van der Waals surface area contributed by atoms with Crippen LogP contribution in [0.25, 0.3) is 0 Å². The number of benzene rings is 1. The van der Waals surface area contributed by atoms with Crippen LogP contribution in [0.3, 0.4) is 0 Å². The van der Waals surface area contributed by atoms with Gasteiger partial charge in [-0.3, -0.25) is 0 Å². The maximum Gasteiger partial charge on any atom is 0.240 e. The van der Waals surface area contributed by atoms with Gasteiger partial charge in [0.15, 0.2) is 0 Å². The number of hydrogen-bond acceptors (Lipinski definition) is 3. The fraction of sp³-hybridized carbons (Fsp3) is 0.500. The molecule has 1 aromatic carbocycles. The van der Waals surface area contributed by atoms with E-state index in [9.17, 15) is 8.42 Å². The molecule has 2 N–H and O–H groups in total. The summed E-state index contributed by atoms with van der Waals surface area (Å²) in [5.74, 6) is 0. The zero-order chi connectivity index (χ0) is 12.3. The number of rotatable bonds is 4. The van der Waals surface area contributed by atoms with E-state index in [1.165, 1.54) is 32.7 Å². The minimum Gasteiger partial charge on any atom is -0.382 e. The summed E-state index contributed by atoms with van der Waals surface area (Å²) in [6.45, 7) is 0. The van der Waals surface area contributed by atoms with Crippen LogP contribution in [-0.4, -0.2) is 21.5 Å². The number of sulfonamides is 1. The number of hydrogen-bond donors (Lipinski definition) is 2. The van der Waals surface area contributed by atoms with Gasteiger partial charge in [0.05, 0.1) is 4.90 Å². The summed E-state index contributed by atoms with van der Waals surface area (Å²) in [6.07, 6.45) is 4.85. The Morgan fingerprint density at radius 1 is 1.24 bits per heavy atom. The van der Waals surface area contributed by atoms with E-state index in [2.05, 4.69) is 10.0 Å². The van der Waals surface area contributed by atoms with Gasteiger partial charge in [-0.25, -0.2) is 13.1 Å². The first-order valence-corrected chi connectivity index (χ1v) is 7.40. The van der Waals surface area contributed by atoms with Crippen LogP contribution in [0, 0.1) is 0 Å². The number of anilines is 1. The third kappa shape index (κ3) is 2.98. The molecule has 0 spiro atoms. The molecule has 0 saturated heterocycles. The molecule has 2 rings (SSSR count). The average molecular weight is 254 g/mol. The van der Waals surface area contributed by atoms with Crippen LogP contribution in [-0.2, 0) is 10.0 Å². The van der Waals surface area contributed by atoms with E-state index in [4.69, 9.17) is 0 Å². The van der Waals surface area contributed by atoms with Gasteiger partial charge in [0.2, 0.25) is 10.0 Å². The fourth-order valence-electron chi connectivity index (χ4n) is 2.18. The average Bonchev–Trinajstić information content (AvgIpc) is 2.82. The quantitative estimate of drug-likeness (QED) is 0.863. The summed E-state index contributed by atoms with van der Waals surface area (Å²) in [5.41, 5.74) is 0.883. The highest BCUT2D eigenvalue weighted by molar-refractivity contribution is 7.89. The molecule has 0 unspecified atom stereocenters. The third-order valence-corrected chi connectivity index (χ3v) is 4.55. The van der Waals surface area contributed by atoms with Crippen LogP contribution < -0.4 is 10.0 Å². The van der Waals surface area contributed by atoms with Crippen LogP contribution >= 0.6 is 0 Å². The second-order valence-corrected chi connectivity index (χ2v) is 6.25. The van der Waals surface area contributed by atoms with Crippen LogP contribution in [0.4, 0.5) is 5.69 Å². The molecule has 1 aromatic rings. The predicted molar refractivity (Wildman–Crippen MR) is 68.6 cm³/mol. The topological polar surface area (TPSA) is 58.2 Å². The highest BCUT2D eigenvalue weighted by atomic mass is 32.2. The van der Waals surface area contributed by atoms with E-state index in [-0.39, 0.29) is 0 Å². The Bertz CT molecular complexity index is 479. The molecule has 5 heteroatoms. The Labute approximate surface area is 102 Å². The largest absolute Gasteiger partial charge is 0.382 e. The first kappa shape index (κ1) is 12.4. The SMILES string of the molecule is CNS(=O)(=O)c1cccc(NC2CCCC2)c1. The van der Waals surface area contributed by atoms with Crippen molar-refractivity contribution in [2.24, 2.45) is 0 Å². The molecule has 1 aliphatic rings. The molecule has 1 aliphatic carbocycles. The molecular formula is C12H18N2O2S. The van der Waals surface area contributed by atoms with Gasteiger partial charge in [0, 0.05) is 11.7 Å². The van der Waals surface area contributed by atoms with E-state index in [1.807, 2.05) is 6.07 Å². The first-order valence-electron chi connectivity index (χ1n) is 5.92. The van der Waals surface area contributed by atoms with Gasteiger partial charge >= 0.3 is 0 Å². The zero-order valence-corrected chi connectivity index (χ0v) is 10.8. The lowest BCUT2D eigenvalue weighted by atomic mass is 10.2. The maximum absolute atomic E-state index is 11.7. The summed E-state index contributed by atoms with van der Waals surface area (Å²) in [6, 6.07) is 7.45. The normalized spacial score (nSPS) is 17.2. The van der Waals surface area contributed by atoms with Crippen LogP contribution in [0.5, 0.6) is 0 Å². The minimum absolute atomic E-state index is 0.308. The van der Waals surface area contributed by atoms with Crippen molar-refractivity contribution in [3.05, 3.63) is 24.3 Å². The van der Waals surface area contributed by atoms with Crippen molar-refractivity contribution in [1.29, 1.82) is 0 Å². The van der Waals surface area contributed by atoms with E-state index in [1.54, 1.807) is 18.2 Å². The molecule has 0 aliphatic heterocycles. The molecule has 0 aromatic heterocycles. The van der Waals surface area contributed by atoms with Crippen molar-refractivity contribution < 1.29 is 8.42 Å². The Morgan fingerprint density at radius 3 is 2.59 bits per heavy atom. The van der Waals surface area contributed by atoms with E-state index < -0.39 is 10.0 Å². The lowest BCUT2D eigenvalue weighted by Gasteiger charge is -2.14. The molecule has 1 fully saturated rings. The monoisotopic (exact) mass is 254 g/mol. The molecule has 0 heterocycles. The summed E-state index contributed by atoms with van der Waals surface area (Å²) in [5, 5.41) is 3.39. The smallest absolute Gasteiger partial charge is 0.240 e. The first-order chi connectivity index (χ1) is 8.12. The third-order valence-electron chi connectivity index (χ3n) is 3.14. The zero-order valence-electron chi connectivity index (χ0n) is 9.94. The van der Waals surface area contributed by atoms with Gasteiger partial charge in [-0.1, -0.05) is 18.9 Å². The van der Waals surface area contributed by atoms with Gasteiger partial charge in [-0.15, -0.1) is 0 Å². The lowest BCUT2D eigenvalue weighted by Crippen LogP contribution is -2.19. The Hall–Kier alpha value is -1.07. The molecule has 94 valence electrons. The van der Waals surface area contributed by atoms with Crippen molar-refractivity contribution >= 4 is 15.7 Å². The van der Waals surface area contributed by atoms with Gasteiger partial charge in [0.25, 0.3) is 0 Å². The Kier molecular flexibility index (Phi) is 3.69. The highest BCUT2D eigenvalue weighted by Crippen LogP contribution is 2.23. The summed E-state index contributed by atoms with van der Waals surface area (Å²) >= 11 is 0. The van der Waals surface area contributed by atoms with Gasteiger partial charge in [0.1, 0.15) is 0 Å². The minimum atomic E-state index is -3.34. The number of nitrogens with one attached hydrogen (secondary N) is 2. The predicted octanol–water partition coefficient (Wildman–Crippen LogP) is 1.95. The molecule has 0 amide bonds. The van der Waals surface area contributed by atoms with Gasteiger partial charge < -0.3 is 5.32 Å². The van der Waals surface area contributed by atoms with Crippen LogP contribution in [0.2, 0.25) is 0 Å². The second kappa shape index (κ2) is 5.06. The summed E-state index contributed by atoms with van der Waals surface area (Å²) in [4.78, 5) is 0.308. The van der Waals surface area contributed by atoms with E-state index >= 15 is 0 Å². The summed E-state index contributed by atoms with van der Waals surface area (Å²) in [7, 11) is -1.92. The second-order valence-electron chi connectivity index (χ2n) is 4.36. The lowest BCUT2D eigenvalue weighted by molar-refractivity contribution is 0.588. The van der Waals surface area contributed by atoms with Gasteiger partial charge in [-0.05, 0) is 38.1 Å². The van der Waals surface area contributed by atoms with Crippen LogP contribution in [0.15, 0.2) is 29.2 Å². The molecule has 4 nitrogen and oxygen atoms in total. The Balaban J connectivity index is 2.16. The van der Waals surface area contributed by atoms with Crippen molar-refractivity contribution in [2.45, 2.75) is 36.6 Å². The molecular weight excluding hydrogens is 236 g/mol. The molecule has 0 atom stereocenters. The molecule has 0 bridgehead atoms. The Morgan fingerprint density at radius 2 is 1.94 bits per heavy atom. The van der Waals surface area contributed by atoms with Crippen molar-refractivity contribution in [2.75, 3.05) is 12.4 Å². The summed E-state index contributed by atoms with van der Waals surface area (Å²) < 4.78 is 25.6. The molecule has 1 saturated carbocycles. The fourth-order valence-corrected chi connectivity index (χ4v) is 2.95. The van der Waals surface area contributed by atoms with Crippen molar-refractivity contribution in [3.63, 3.8) is 0 Å². The van der Waals surface area contributed by atoms with E-state index in [0.29, 0.717) is 10.9 Å². The highest BCUT2D eigenvalue weighted by Gasteiger charge is 2.16. The van der Waals surface area contributed by atoms with Crippen molar-refractivity contribution in [1.82, 2.24) is 4.72 Å². The molecule has 17 heavy (non-hydrogen) atoms.